The summed E-state index contributed by atoms with van der Waals surface area (Å²) < 4.78 is 14.4. The lowest BCUT2D eigenvalue weighted by Gasteiger charge is -2.05. The zero-order chi connectivity index (χ0) is 11.4. The van der Waals surface area contributed by atoms with Crippen molar-refractivity contribution in [1.29, 1.82) is 0 Å². The van der Waals surface area contributed by atoms with Gasteiger partial charge in [-0.25, -0.2) is 4.79 Å². The number of carboxylic acid groups (broad SMARTS) is 1. The molecule has 0 spiro atoms. The Bertz CT molecular complexity index is 234. The second-order valence-electron chi connectivity index (χ2n) is 2.15. The average Bonchev–Trinajstić information content (AvgIpc) is 1.97. The summed E-state index contributed by atoms with van der Waals surface area (Å²) in [6, 6.07) is -2.14. The first-order valence-corrected chi connectivity index (χ1v) is 3.30. The van der Waals surface area contributed by atoms with Crippen LogP contribution in [0.25, 0.3) is 0 Å². The van der Waals surface area contributed by atoms with E-state index in [4.69, 9.17) is 19.3 Å². The molecule has 0 rings (SSSR count). The Labute approximate surface area is 72.7 Å². The van der Waals surface area contributed by atoms with Gasteiger partial charge in [-0.3, -0.25) is 4.79 Å². The molecule has 1 atom stereocenters. The first-order chi connectivity index (χ1) is 6.24. The van der Waals surface area contributed by atoms with Gasteiger partial charge >= 0.3 is 12.0 Å². The molecule has 6 N–H and O–H groups in total. The number of hydrogen-bond donors (Lipinski definition) is 4. The van der Waals surface area contributed by atoms with Gasteiger partial charge in [0.15, 0.2) is 0 Å². The van der Waals surface area contributed by atoms with Crippen molar-refractivity contribution in [3.8, 4) is 0 Å². The molecule has 0 fully saturated rings. The molecule has 6 heteroatoms. The van der Waals surface area contributed by atoms with Crippen molar-refractivity contribution in [2.24, 2.45) is 11.5 Å². The second kappa shape index (κ2) is 5.36. The van der Waals surface area contributed by atoms with E-state index >= 15 is 0 Å². The number of aliphatic carboxylic acids is 1. The summed E-state index contributed by atoms with van der Waals surface area (Å²) >= 11 is 0. The summed E-state index contributed by atoms with van der Waals surface area (Å²) in [5.74, 6) is -1.21. The minimum absolute atomic E-state index is 0.0807. The number of amides is 2. The minimum Gasteiger partial charge on any atom is -0.480 e. The van der Waals surface area contributed by atoms with Crippen LogP contribution >= 0.6 is 0 Å². The molecule has 2 amide bonds. The van der Waals surface area contributed by atoms with Crippen LogP contribution in [0.1, 0.15) is 15.6 Å². The Hall–Kier alpha value is -1.30. The van der Waals surface area contributed by atoms with Gasteiger partial charge in [-0.2, -0.15) is 0 Å². The number of carbonyl (C=O) groups is 2. The Kier molecular flexibility index (Phi) is 3.29. The van der Waals surface area contributed by atoms with Crippen LogP contribution in [0.15, 0.2) is 0 Å². The number of urea groups is 1. The fourth-order valence-corrected chi connectivity index (χ4v) is 0.501. The van der Waals surface area contributed by atoms with Crippen LogP contribution in [-0.4, -0.2) is 29.6 Å². The van der Waals surface area contributed by atoms with Crippen molar-refractivity contribution in [3.05, 3.63) is 0 Å². The molecule has 70 valence electrons. The molecule has 0 unspecified atom stereocenters. The zero-order valence-electron chi connectivity index (χ0n) is 8.41. The van der Waals surface area contributed by atoms with Gasteiger partial charge in [0.1, 0.15) is 6.04 Å². The molecule has 0 aromatic rings. The molecular weight excluding hydrogens is 163 g/mol. The van der Waals surface area contributed by atoms with Gasteiger partial charge in [-0.1, -0.05) is 0 Å². The van der Waals surface area contributed by atoms with Crippen molar-refractivity contribution in [3.63, 3.8) is 0 Å². The first-order valence-electron chi connectivity index (χ1n) is 4.30. The fourth-order valence-electron chi connectivity index (χ4n) is 0.501. The second-order valence-corrected chi connectivity index (χ2v) is 2.15. The van der Waals surface area contributed by atoms with Gasteiger partial charge in [0.2, 0.25) is 0 Å². The van der Waals surface area contributed by atoms with Gasteiger partial charge in [-0.05, 0) is 12.8 Å². The highest BCUT2D eigenvalue weighted by Gasteiger charge is 2.09. The van der Waals surface area contributed by atoms with Crippen LogP contribution in [0.5, 0.6) is 0 Å². The Balaban J connectivity index is 3.98. The van der Waals surface area contributed by atoms with Gasteiger partial charge in [-0.15, -0.1) is 0 Å². The van der Waals surface area contributed by atoms with Crippen LogP contribution in [0, 0.1) is 0 Å². The van der Waals surface area contributed by atoms with Crippen molar-refractivity contribution >= 4 is 12.0 Å². The third kappa shape index (κ3) is 5.48. The number of hydrogen-bond acceptors (Lipinski definition) is 3. The van der Waals surface area contributed by atoms with Crippen LogP contribution in [0.2, 0.25) is 0 Å². The number of carboxylic acids is 1. The SMILES string of the molecule is [2H][13C]([2H])(CC[C@H](N)C(=O)O)NC(N)=O. The maximum absolute atomic E-state index is 10.3. The summed E-state index contributed by atoms with van der Waals surface area (Å²) in [6.45, 7) is -2.03. The lowest BCUT2D eigenvalue weighted by Crippen LogP contribution is -2.33. The number of rotatable bonds is 5. The molecule has 0 aromatic heterocycles. The molecule has 0 aromatic carbocycles. The van der Waals surface area contributed by atoms with Crippen LogP contribution in [0.3, 0.4) is 0 Å². The van der Waals surface area contributed by atoms with Crippen molar-refractivity contribution < 1.29 is 17.4 Å². The van der Waals surface area contributed by atoms with E-state index in [0.29, 0.717) is 0 Å². The maximum atomic E-state index is 10.3. The number of nitrogens with one attached hydrogen (secondary N) is 1. The summed E-state index contributed by atoms with van der Waals surface area (Å²) in [4.78, 5) is 20.6. The molecular formula is C6H13N3O3. The number of nitrogens with two attached hydrogens (primary N) is 2. The van der Waals surface area contributed by atoms with Crippen molar-refractivity contribution in [1.82, 2.24) is 5.32 Å². The Morgan fingerprint density at radius 3 is 2.67 bits per heavy atom. The van der Waals surface area contributed by atoms with Gasteiger partial charge in [0.05, 0.1) is 0 Å². The number of carbonyl (C=O) groups excluding carboxylic acids is 1. The highest BCUT2D eigenvalue weighted by Crippen LogP contribution is 1.92. The topological polar surface area (TPSA) is 118 Å². The third-order valence-electron chi connectivity index (χ3n) is 1.11. The smallest absolute Gasteiger partial charge is 0.320 e. The molecule has 0 heterocycles. The van der Waals surface area contributed by atoms with E-state index in [1.54, 1.807) is 0 Å². The molecule has 0 aliphatic rings. The van der Waals surface area contributed by atoms with E-state index in [0.717, 1.165) is 0 Å². The largest absolute Gasteiger partial charge is 0.480 e. The van der Waals surface area contributed by atoms with Crippen molar-refractivity contribution in [2.75, 3.05) is 6.50 Å². The van der Waals surface area contributed by atoms with E-state index in [-0.39, 0.29) is 12.8 Å². The average molecular weight is 178 g/mol. The normalized spacial score (nSPS) is 15.8. The molecule has 0 bridgehead atoms. The number of primary amides is 1. The molecule has 6 nitrogen and oxygen atoms in total. The monoisotopic (exact) mass is 178 g/mol. The lowest BCUT2D eigenvalue weighted by atomic mass is 10.2. The summed E-state index contributed by atoms with van der Waals surface area (Å²) in [5.41, 5.74) is 9.85. The maximum Gasteiger partial charge on any atom is 0.320 e. The zero-order valence-corrected chi connectivity index (χ0v) is 6.41. The van der Waals surface area contributed by atoms with E-state index < -0.39 is 24.5 Å². The minimum atomic E-state index is -2.03. The van der Waals surface area contributed by atoms with Gasteiger partial charge in [0.25, 0.3) is 0 Å². The molecule has 0 aliphatic carbocycles. The fraction of sp³-hybridized carbons (Fsp3) is 0.667. The van der Waals surface area contributed by atoms with Crippen molar-refractivity contribution in [2.45, 2.75) is 18.9 Å². The summed E-state index contributed by atoms with van der Waals surface area (Å²) in [7, 11) is 0. The predicted molar refractivity (Wildman–Crippen MR) is 42.4 cm³/mol. The lowest BCUT2D eigenvalue weighted by molar-refractivity contribution is -0.138. The molecule has 0 radical (unpaired) electrons. The predicted octanol–water partition coefficient (Wildman–Crippen LogP) is -1.15. The van der Waals surface area contributed by atoms with E-state index in [1.165, 1.54) is 0 Å². The Morgan fingerprint density at radius 2 is 2.25 bits per heavy atom. The highest BCUT2D eigenvalue weighted by atomic mass is 16.4. The molecule has 0 saturated heterocycles. The Morgan fingerprint density at radius 1 is 1.67 bits per heavy atom. The van der Waals surface area contributed by atoms with Gasteiger partial charge in [0, 0.05) is 9.24 Å². The highest BCUT2D eigenvalue weighted by molar-refractivity contribution is 5.73. The molecule has 12 heavy (non-hydrogen) atoms. The van der Waals surface area contributed by atoms with Crippen LogP contribution in [0.4, 0.5) is 4.79 Å². The summed E-state index contributed by atoms with van der Waals surface area (Å²) in [6.07, 6.45) is -0.286. The third-order valence-corrected chi connectivity index (χ3v) is 1.11. The van der Waals surface area contributed by atoms with Gasteiger partial charge < -0.3 is 21.9 Å². The van der Waals surface area contributed by atoms with E-state index in [1.807, 2.05) is 5.32 Å². The van der Waals surface area contributed by atoms with Crippen LogP contribution in [-0.2, 0) is 4.79 Å². The van der Waals surface area contributed by atoms with E-state index in [9.17, 15) is 9.59 Å². The van der Waals surface area contributed by atoms with Crippen LogP contribution < -0.4 is 16.8 Å². The molecule has 0 saturated carbocycles. The quantitative estimate of drug-likeness (QED) is 0.397. The summed E-state index contributed by atoms with van der Waals surface area (Å²) in [5, 5.41) is 10.2. The molecule has 0 aliphatic heterocycles. The standard InChI is InChI=1S/C6H13N3O3/c7-4(5(10)11)2-1-3-9-6(8)12/h4H,1-3,7H2,(H,10,11)(H3,8,9,12)/t4-/m0/s1/i3+1D2. The first kappa shape index (κ1) is 7.35. The van der Waals surface area contributed by atoms with E-state index in [2.05, 4.69) is 0 Å².